The van der Waals surface area contributed by atoms with Gasteiger partial charge in [0.1, 0.15) is 5.60 Å². The quantitative estimate of drug-likeness (QED) is 0.677. The summed E-state index contributed by atoms with van der Waals surface area (Å²) in [5.41, 5.74) is 1.19. The van der Waals surface area contributed by atoms with Crippen LogP contribution in [0.2, 0.25) is 0 Å². The van der Waals surface area contributed by atoms with Gasteiger partial charge in [-0.25, -0.2) is 4.79 Å². The molecule has 1 rings (SSSR count). The van der Waals surface area contributed by atoms with E-state index in [0.29, 0.717) is 6.42 Å². The molecule has 0 radical (unpaired) electrons. The van der Waals surface area contributed by atoms with Crippen LogP contribution in [-0.2, 0) is 11.2 Å². The molecule has 1 N–H and O–H groups in total. The third kappa shape index (κ3) is 5.06. The van der Waals surface area contributed by atoms with Crippen LogP contribution in [0.3, 0.4) is 0 Å². The average Bonchev–Trinajstić information content (AvgIpc) is 2.35. The summed E-state index contributed by atoms with van der Waals surface area (Å²) in [6.45, 7) is 9.12. The summed E-state index contributed by atoms with van der Waals surface area (Å²) in [6, 6.07) is 4.39. The maximum absolute atomic E-state index is 11.8. The molecule has 0 spiro atoms. The van der Waals surface area contributed by atoms with Crippen LogP contribution >= 0.6 is 0 Å². The van der Waals surface area contributed by atoms with Gasteiger partial charge in [0, 0.05) is 12.1 Å². The van der Waals surface area contributed by atoms with Crippen LogP contribution in [0, 0.1) is 10.1 Å². The molecule has 0 saturated heterocycles. The fourth-order valence-corrected chi connectivity index (χ4v) is 2.00. The zero-order valence-electron chi connectivity index (χ0n) is 13.1. The number of amides is 1. The Kier molecular flexibility index (Phi) is 5.29. The Morgan fingerprint density at radius 1 is 1.43 bits per heavy atom. The lowest BCUT2D eigenvalue weighted by molar-refractivity contribution is -0.384. The number of rotatable bonds is 4. The molecule has 0 aromatic heterocycles. The van der Waals surface area contributed by atoms with Gasteiger partial charge in [-0.05, 0) is 51.3 Å². The molecular formula is C15H22N2O4. The number of carbonyl (C=O) groups is 1. The highest BCUT2D eigenvalue weighted by atomic mass is 16.6. The van der Waals surface area contributed by atoms with Crippen molar-refractivity contribution >= 4 is 11.8 Å². The highest BCUT2D eigenvalue weighted by Gasteiger charge is 2.20. The number of hydrogen-bond acceptors (Lipinski definition) is 4. The van der Waals surface area contributed by atoms with E-state index >= 15 is 0 Å². The van der Waals surface area contributed by atoms with Crippen LogP contribution in [-0.4, -0.2) is 16.6 Å². The van der Waals surface area contributed by atoms with Crippen LogP contribution in [0.15, 0.2) is 18.2 Å². The third-order valence-corrected chi connectivity index (χ3v) is 2.92. The second kappa shape index (κ2) is 6.56. The molecule has 0 bridgehead atoms. The molecule has 1 amide bonds. The SMILES string of the molecule is CCc1cc([N+](=O)[O-])ccc1C(C)NC(=O)OC(C)(C)C. The van der Waals surface area contributed by atoms with E-state index < -0.39 is 16.6 Å². The predicted octanol–water partition coefficient (Wildman–Crippen LogP) is 3.74. The molecule has 0 heterocycles. The highest BCUT2D eigenvalue weighted by molar-refractivity contribution is 5.68. The molecule has 0 saturated carbocycles. The molecule has 1 aromatic rings. The summed E-state index contributed by atoms with van der Waals surface area (Å²) in [5.74, 6) is 0. The Balaban J connectivity index is 2.89. The van der Waals surface area contributed by atoms with Crippen LogP contribution < -0.4 is 5.32 Å². The van der Waals surface area contributed by atoms with E-state index in [0.717, 1.165) is 11.1 Å². The minimum absolute atomic E-state index is 0.0556. The molecular weight excluding hydrogens is 272 g/mol. The van der Waals surface area contributed by atoms with Gasteiger partial charge in [-0.15, -0.1) is 0 Å². The standard InChI is InChI=1S/C15H22N2O4/c1-6-11-9-12(17(19)20)7-8-13(11)10(2)16-14(18)21-15(3,4)5/h7-10H,6H2,1-5H3,(H,16,18). The van der Waals surface area contributed by atoms with Gasteiger partial charge in [0.2, 0.25) is 0 Å². The maximum Gasteiger partial charge on any atom is 0.408 e. The van der Waals surface area contributed by atoms with Crippen LogP contribution in [0.4, 0.5) is 10.5 Å². The molecule has 0 aliphatic rings. The zero-order valence-corrected chi connectivity index (χ0v) is 13.1. The molecule has 1 unspecified atom stereocenters. The second-order valence-electron chi connectivity index (χ2n) is 5.86. The minimum atomic E-state index is -0.563. The maximum atomic E-state index is 11.8. The van der Waals surface area contributed by atoms with Crippen LogP contribution in [0.25, 0.3) is 0 Å². The first-order valence-corrected chi connectivity index (χ1v) is 6.90. The topological polar surface area (TPSA) is 81.5 Å². The molecule has 1 atom stereocenters. The Morgan fingerprint density at radius 3 is 2.52 bits per heavy atom. The Labute approximate surface area is 124 Å². The molecule has 6 nitrogen and oxygen atoms in total. The lowest BCUT2D eigenvalue weighted by Gasteiger charge is -2.23. The van der Waals surface area contributed by atoms with Crippen molar-refractivity contribution in [3.8, 4) is 0 Å². The Hall–Kier alpha value is -2.11. The molecule has 6 heteroatoms. The van der Waals surface area contributed by atoms with Crippen molar-refractivity contribution in [1.29, 1.82) is 0 Å². The van der Waals surface area contributed by atoms with Crippen molar-refractivity contribution in [2.24, 2.45) is 0 Å². The van der Waals surface area contributed by atoms with E-state index in [1.54, 1.807) is 32.9 Å². The first-order chi connectivity index (χ1) is 9.64. The third-order valence-electron chi connectivity index (χ3n) is 2.92. The number of benzene rings is 1. The van der Waals surface area contributed by atoms with Gasteiger partial charge in [-0.1, -0.05) is 6.92 Å². The lowest BCUT2D eigenvalue weighted by Crippen LogP contribution is -2.34. The highest BCUT2D eigenvalue weighted by Crippen LogP contribution is 2.24. The fourth-order valence-electron chi connectivity index (χ4n) is 2.00. The van der Waals surface area contributed by atoms with Crippen molar-refractivity contribution in [2.75, 3.05) is 0 Å². The minimum Gasteiger partial charge on any atom is -0.444 e. The normalized spacial score (nSPS) is 12.6. The van der Waals surface area contributed by atoms with Gasteiger partial charge in [-0.3, -0.25) is 10.1 Å². The van der Waals surface area contributed by atoms with Crippen molar-refractivity contribution in [3.63, 3.8) is 0 Å². The van der Waals surface area contributed by atoms with Crippen molar-refractivity contribution in [3.05, 3.63) is 39.4 Å². The van der Waals surface area contributed by atoms with Gasteiger partial charge in [0.15, 0.2) is 0 Å². The summed E-state index contributed by atoms with van der Waals surface area (Å²) >= 11 is 0. The Bertz CT molecular complexity index is 535. The number of carbonyl (C=O) groups excluding carboxylic acids is 1. The average molecular weight is 294 g/mol. The van der Waals surface area contributed by atoms with E-state index in [-0.39, 0.29) is 11.7 Å². The largest absolute Gasteiger partial charge is 0.444 e. The first kappa shape index (κ1) is 16.9. The number of ether oxygens (including phenoxy) is 1. The van der Waals surface area contributed by atoms with Crippen LogP contribution in [0.5, 0.6) is 0 Å². The number of nitro benzene ring substituents is 1. The van der Waals surface area contributed by atoms with E-state index in [1.165, 1.54) is 6.07 Å². The molecule has 21 heavy (non-hydrogen) atoms. The number of hydrogen-bond donors (Lipinski definition) is 1. The van der Waals surface area contributed by atoms with E-state index in [1.807, 2.05) is 13.8 Å². The lowest BCUT2D eigenvalue weighted by atomic mass is 9.99. The Morgan fingerprint density at radius 2 is 2.05 bits per heavy atom. The summed E-state index contributed by atoms with van der Waals surface area (Å²) in [7, 11) is 0. The van der Waals surface area contributed by atoms with Gasteiger partial charge in [-0.2, -0.15) is 0 Å². The summed E-state index contributed by atoms with van der Waals surface area (Å²) in [6.07, 6.45) is 0.146. The molecule has 0 aliphatic carbocycles. The number of nitrogens with zero attached hydrogens (tertiary/aromatic N) is 1. The van der Waals surface area contributed by atoms with Crippen molar-refractivity contribution < 1.29 is 14.5 Å². The number of non-ortho nitro benzene ring substituents is 1. The van der Waals surface area contributed by atoms with Gasteiger partial charge in [0.05, 0.1) is 11.0 Å². The number of nitro groups is 1. The first-order valence-electron chi connectivity index (χ1n) is 6.90. The van der Waals surface area contributed by atoms with E-state index in [4.69, 9.17) is 4.74 Å². The van der Waals surface area contributed by atoms with E-state index in [2.05, 4.69) is 5.32 Å². The van der Waals surface area contributed by atoms with Gasteiger partial charge < -0.3 is 10.1 Å². The van der Waals surface area contributed by atoms with Gasteiger partial charge in [0.25, 0.3) is 5.69 Å². The molecule has 1 aromatic carbocycles. The number of alkyl carbamates (subject to hydrolysis) is 1. The number of nitrogens with one attached hydrogen (secondary N) is 1. The predicted molar refractivity (Wildman–Crippen MR) is 80.3 cm³/mol. The summed E-state index contributed by atoms with van der Waals surface area (Å²) in [5, 5.41) is 13.5. The monoisotopic (exact) mass is 294 g/mol. The summed E-state index contributed by atoms with van der Waals surface area (Å²) in [4.78, 5) is 22.2. The smallest absolute Gasteiger partial charge is 0.408 e. The summed E-state index contributed by atoms with van der Waals surface area (Å²) < 4.78 is 5.21. The fraction of sp³-hybridized carbons (Fsp3) is 0.533. The van der Waals surface area contributed by atoms with Crippen molar-refractivity contribution in [2.45, 2.75) is 52.7 Å². The molecule has 116 valence electrons. The molecule has 0 aliphatic heterocycles. The molecule has 0 fully saturated rings. The number of aryl methyl sites for hydroxylation is 1. The van der Waals surface area contributed by atoms with Crippen molar-refractivity contribution in [1.82, 2.24) is 5.32 Å². The second-order valence-corrected chi connectivity index (χ2v) is 5.86. The van der Waals surface area contributed by atoms with E-state index in [9.17, 15) is 14.9 Å². The zero-order chi connectivity index (χ0) is 16.2. The van der Waals surface area contributed by atoms with Gasteiger partial charge >= 0.3 is 6.09 Å². The van der Waals surface area contributed by atoms with Crippen LogP contribution in [0.1, 0.15) is 51.8 Å².